The van der Waals surface area contributed by atoms with Crippen molar-refractivity contribution in [3.63, 3.8) is 0 Å². The Morgan fingerprint density at radius 2 is 1.96 bits per heavy atom. The van der Waals surface area contributed by atoms with Crippen LogP contribution in [0.1, 0.15) is 33.7 Å². The zero-order valence-electron chi connectivity index (χ0n) is 13.2. The van der Waals surface area contributed by atoms with Gasteiger partial charge in [-0.25, -0.2) is 23.0 Å². The number of aromatic carboxylic acids is 1. The van der Waals surface area contributed by atoms with Crippen molar-refractivity contribution in [2.45, 2.75) is 30.7 Å². The highest BCUT2D eigenvalue weighted by atomic mass is 32.2. The highest BCUT2D eigenvalue weighted by Gasteiger charge is 2.42. The number of primary sulfonamides is 1. The molecule has 1 aliphatic carbocycles. The molecule has 0 radical (unpaired) electrons. The van der Waals surface area contributed by atoms with Crippen molar-refractivity contribution in [3.05, 3.63) is 46.8 Å². The highest BCUT2D eigenvalue weighted by molar-refractivity contribution is 7.89. The number of carboxylic acids is 1. The van der Waals surface area contributed by atoms with Crippen LogP contribution in [0.25, 0.3) is 5.69 Å². The van der Waals surface area contributed by atoms with Crippen LogP contribution < -0.4 is 5.14 Å². The lowest BCUT2D eigenvalue weighted by atomic mass is 9.94. The summed E-state index contributed by atoms with van der Waals surface area (Å²) in [6.45, 7) is 0. The van der Waals surface area contributed by atoms with Gasteiger partial charge < -0.3 is 5.11 Å². The Kier molecular flexibility index (Phi) is 4.31. The molecule has 1 aromatic carbocycles. The number of alkyl halides is 3. The molecule has 0 aliphatic heterocycles. The van der Waals surface area contributed by atoms with Crippen LogP contribution >= 0.6 is 0 Å². The number of benzene rings is 1. The molecule has 2 aromatic rings. The van der Waals surface area contributed by atoms with Crippen LogP contribution in [0.3, 0.4) is 0 Å². The SMILES string of the molecule is NS(=O)(=O)C1CCc2c(c(C(F)(F)F)nn2-c2ccccc2C(=O)O)C1. The van der Waals surface area contributed by atoms with Gasteiger partial charge in [0, 0.05) is 11.3 Å². The molecule has 1 aromatic heterocycles. The highest BCUT2D eigenvalue weighted by Crippen LogP contribution is 2.38. The number of sulfonamides is 1. The van der Waals surface area contributed by atoms with Gasteiger partial charge in [-0.05, 0) is 31.4 Å². The number of aromatic nitrogens is 2. The first kappa shape index (κ1) is 18.4. The van der Waals surface area contributed by atoms with Crippen LogP contribution in [-0.2, 0) is 29.0 Å². The number of carbonyl (C=O) groups is 1. The first-order chi connectivity index (χ1) is 12.0. The maximum Gasteiger partial charge on any atom is 0.435 e. The van der Waals surface area contributed by atoms with Gasteiger partial charge in [-0.15, -0.1) is 0 Å². The van der Waals surface area contributed by atoms with E-state index in [0.717, 1.165) is 4.68 Å². The second-order valence-corrected chi connectivity index (χ2v) is 7.80. The zero-order chi connectivity index (χ0) is 19.3. The smallest absolute Gasteiger partial charge is 0.435 e. The van der Waals surface area contributed by atoms with Gasteiger partial charge in [-0.3, -0.25) is 0 Å². The van der Waals surface area contributed by atoms with E-state index in [1.54, 1.807) is 0 Å². The Hall–Kier alpha value is -2.40. The van der Waals surface area contributed by atoms with Crippen molar-refractivity contribution in [2.24, 2.45) is 5.14 Å². The Labute approximate surface area is 146 Å². The Balaban J connectivity index is 2.23. The maximum atomic E-state index is 13.4. The molecule has 0 saturated heterocycles. The van der Waals surface area contributed by atoms with Crippen molar-refractivity contribution in [2.75, 3.05) is 0 Å². The number of carboxylic acid groups (broad SMARTS) is 1. The van der Waals surface area contributed by atoms with Crippen molar-refractivity contribution in [1.82, 2.24) is 9.78 Å². The third kappa shape index (κ3) is 3.19. The van der Waals surface area contributed by atoms with E-state index < -0.39 is 39.5 Å². The van der Waals surface area contributed by atoms with E-state index >= 15 is 0 Å². The molecule has 7 nitrogen and oxygen atoms in total. The number of halogens is 3. The van der Waals surface area contributed by atoms with E-state index in [1.165, 1.54) is 24.3 Å². The topological polar surface area (TPSA) is 115 Å². The number of fused-ring (bicyclic) bond motifs is 1. The normalized spacial score (nSPS) is 17.8. The van der Waals surface area contributed by atoms with Gasteiger partial charge in [0.2, 0.25) is 10.0 Å². The second-order valence-electron chi connectivity index (χ2n) is 5.96. The summed E-state index contributed by atoms with van der Waals surface area (Å²) in [5.41, 5.74) is -1.56. The maximum absolute atomic E-state index is 13.4. The van der Waals surface area contributed by atoms with E-state index in [4.69, 9.17) is 5.14 Å². The summed E-state index contributed by atoms with van der Waals surface area (Å²) in [4.78, 5) is 11.4. The monoisotopic (exact) mass is 389 g/mol. The predicted octanol–water partition coefficient (Wildman–Crippen LogP) is 1.74. The third-order valence-corrected chi connectivity index (χ3v) is 5.65. The molecule has 0 fully saturated rings. The van der Waals surface area contributed by atoms with Gasteiger partial charge in [-0.2, -0.15) is 18.3 Å². The van der Waals surface area contributed by atoms with Crippen LogP contribution in [0.2, 0.25) is 0 Å². The van der Waals surface area contributed by atoms with Crippen LogP contribution in [0.5, 0.6) is 0 Å². The van der Waals surface area contributed by atoms with Crippen molar-refractivity contribution < 1.29 is 31.5 Å². The Morgan fingerprint density at radius 3 is 2.54 bits per heavy atom. The minimum atomic E-state index is -4.81. The van der Waals surface area contributed by atoms with E-state index in [2.05, 4.69) is 5.10 Å². The van der Waals surface area contributed by atoms with Gasteiger partial charge in [0.05, 0.1) is 16.5 Å². The molecule has 0 bridgehead atoms. The first-order valence-electron chi connectivity index (χ1n) is 7.52. The predicted molar refractivity (Wildman–Crippen MR) is 84.4 cm³/mol. The quantitative estimate of drug-likeness (QED) is 0.830. The molecule has 0 saturated carbocycles. The lowest BCUT2D eigenvalue weighted by molar-refractivity contribution is -0.142. The number of hydrogen-bond acceptors (Lipinski definition) is 4. The standard InChI is InChI=1S/C15H14F3N3O4S/c16-15(17,18)13-10-7-8(26(19,24)25)5-6-12(10)21(20-13)11-4-2-1-3-9(11)14(22)23/h1-4,8H,5-7H2,(H,22,23)(H2,19,24,25). The largest absolute Gasteiger partial charge is 0.478 e. The third-order valence-electron chi connectivity index (χ3n) is 4.32. The molecule has 0 amide bonds. The number of rotatable bonds is 3. The summed E-state index contributed by atoms with van der Waals surface area (Å²) >= 11 is 0. The molecule has 140 valence electrons. The van der Waals surface area contributed by atoms with Gasteiger partial charge in [0.15, 0.2) is 5.69 Å². The van der Waals surface area contributed by atoms with E-state index in [1.807, 2.05) is 0 Å². The molecule has 3 rings (SSSR count). The van der Waals surface area contributed by atoms with E-state index in [9.17, 15) is 31.5 Å². The summed E-state index contributed by atoms with van der Waals surface area (Å²) in [7, 11) is -4.01. The fourth-order valence-electron chi connectivity index (χ4n) is 3.13. The summed E-state index contributed by atoms with van der Waals surface area (Å²) in [5.74, 6) is -1.31. The molecule has 11 heteroatoms. The van der Waals surface area contributed by atoms with Gasteiger partial charge >= 0.3 is 12.1 Å². The first-order valence-corrected chi connectivity index (χ1v) is 9.13. The lowest BCUT2D eigenvalue weighted by Gasteiger charge is -2.22. The minimum absolute atomic E-state index is 0.0131. The Bertz CT molecular complexity index is 983. The Morgan fingerprint density at radius 1 is 1.31 bits per heavy atom. The second kappa shape index (κ2) is 6.09. The molecule has 1 atom stereocenters. The number of nitrogens with zero attached hydrogens (tertiary/aromatic N) is 2. The number of hydrogen-bond donors (Lipinski definition) is 2. The van der Waals surface area contributed by atoms with Crippen LogP contribution in [0, 0.1) is 0 Å². The molecule has 0 spiro atoms. The summed E-state index contributed by atoms with van der Waals surface area (Å²) in [5, 5.41) is 16.8. The van der Waals surface area contributed by atoms with Crippen LogP contribution in [0.4, 0.5) is 13.2 Å². The average molecular weight is 389 g/mol. The molecule has 1 aliphatic rings. The molecule has 3 N–H and O–H groups in total. The zero-order valence-corrected chi connectivity index (χ0v) is 14.0. The van der Waals surface area contributed by atoms with Crippen LogP contribution in [-0.4, -0.2) is 34.5 Å². The molecule has 26 heavy (non-hydrogen) atoms. The van der Waals surface area contributed by atoms with Gasteiger partial charge in [0.1, 0.15) is 0 Å². The lowest BCUT2D eigenvalue weighted by Crippen LogP contribution is -2.34. The van der Waals surface area contributed by atoms with Crippen LogP contribution in [0.15, 0.2) is 24.3 Å². The minimum Gasteiger partial charge on any atom is -0.478 e. The van der Waals surface area contributed by atoms with E-state index in [-0.39, 0.29) is 35.3 Å². The molecule has 1 unspecified atom stereocenters. The molecular formula is C15H14F3N3O4S. The summed E-state index contributed by atoms with van der Waals surface area (Å²) < 4.78 is 64.3. The van der Waals surface area contributed by atoms with Crippen molar-refractivity contribution in [3.8, 4) is 5.69 Å². The molecular weight excluding hydrogens is 375 g/mol. The number of nitrogens with two attached hydrogens (primary N) is 1. The van der Waals surface area contributed by atoms with Crippen molar-refractivity contribution >= 4 is 16.0 Å². The summed E-state index contributed by atoms with van der Waals surface area (Å²) in [6, 6.07) is 5.54. The molecule has 1 heterocycles. The van der Waals surface area contributed by atoms with E-state index in [0.29, 0.717) is 0 Å². The summed E-state index contributed by atoms with van der Waals surface area (Å²) in [6.07, 6.45) is -5.22. The number of para-hydroxylation sites is 1. The fourth-order valence-corrected chi connectivity index (χ4v) is 3.98. The fraction of sp³-hybridized carbons (Fsp3) is 0.333. The van der Waals surface area contributed by atoms with Gasteiger partial charge in [0.25, 0.3) is 0 Å². The van der Waals surface area contributed by atoms with Gasteiger partial charge in [-0.1, -0.05) is 12.1 Å². The average Bonchev–Trinajstić information content (AvgIpc) is 2.92. The van der Waals surface area contributed by atoms with Crippen molar-refractivity contribution in [1.29, 1.82) is 0 Å².